The number of carbonyl (C=O) groups is 2. The maximum Gasteiger partial charge on any atom is 0.321 e. The van der Waals surface area contributed by atoms with Gasteiger partial charge >= 0.3 is 5.97 Å². The summed E-state index contributed by atoms with van der Waals surface area (Å²) in [5, 5.41) is 0. The molecule has 0 heterocycles. The Morgan fingerprint density at radius 2 is 1.71 bits per heavy atom. The average molecular weight is 401 g/mol. The first kappa shape index (κ1) is 20.2. The highest BCUT2D eigenvalue weighted by Crippen LogP contribution is 2.23. The highest BCUT2D eigenvalue weighted by atomic mass is 32.2. The Hall–Kier alpha value is -2.51. The molecule has 2 aromatic rings. The average Bonchev–Trinajstić information content (AvgIpc) is 3.14. The Morgan fingerprint density at radius 1 is 1.04 bits per heavy atom. The molecule has 0 aliphatic heterocycles. The molecule has 0 radical (unpaired) electrons. The van der Waals surface area contributed by atoms with Gasteiger partial charge in [0.15, 0.2) is 12.4 Å². The second kappa shape index (κ2) is 8.24. The van der Waals surface area contributed by atoms with Crippen LogP contribution in [0.1, 0.15) is 33.5 Å². The molecule has 7 heteroatoms. The van der Waals surface area contributed by atoms with Crippen molar-refractivity contribution in [2.24, 2.45) is 0 Å². The number of ether oxygens (including phenoxy) is 1. The molecule has 6 nitrogen and oxygen atoms in total. The normalized spacial score (nSPS) is 13.4. The van der Waals surface area contributed by atoms with Gasteiger partial charge in [-0.2, -0.15) is 4.31 Å². The van der Waals surface area contributed by atoms with Gasteiger partial charge in [-0.3, -0.25) is 9.59 Å². The number of aryl methyl sites for hydroxylation is 3. The van der Waals surface area contributed by atoms with Crippen LogP contribution in [0.2, 0.25) is 0 Å². The molecular formula is C21H23NO5S. The largest absolute Gasteiger partial charge is 0.456 e. The maximum atomic E-state index is 12.5. The number of esters is 1. The third kappa shape index (κ3) is 4.48. The molecule has 0 N–H and O–H groups in total. The van der Waals surface area contributed by atoms with E-state index in [9.17, 15) is 18.0 Å². The van der Waals surface area contributed by atoms with Crippen LogP contribution in [0.5, 0.6) is 0 Å². The van der Waals surface area contributed by atoms with Crippen LogP contribution in [0.15, 0.2) is 47.4 Å². The molecule has 2 aromatic carbocycles. The van der Waals surface area contributed by atoms with E-state index in [2.05, 4.69) is 0 Å². The molecule has 0 aromatic heterocycles. The van der Waals surface area contributed by atoms with Crippen LogP contribution in [0.4, 0.5) is 0 Å². The van der Waals surface area contributed by atoms with Crippen molar-refractivity contribution in [2.75, 3.05) is 20.2 Å². The summed E-state index contributed by atoms with van der Waals surface area (Å²) in [5.41, 5.74) is 3.87. The zero-order valence-corrected chi connectivity index (χ0v) is 16.8. The summed E-state index contributed by atoms with van der Waals surface area (Å²) in [7, 11) is -2.50. The first-order valence-electron chi connectivity index (χ1n) is 9.11. The summed E-state index contributed by atoms with van der Waals surface area (Å²) in [6.07, 6.45) is 3.07. The van der Waals surface area contributed by atoms with Crippen molar-refractivity contribution in [3.05, 3.63) is 64.7 Å². The fraction of sp³-hybridized carbons (Fsp3) is 0.333. The minimum Gasteiger partial charge on any atom is -0.456 e. The molecule has 0 saturated carbocycles. The Balaban J connectivity index is 1.56. The lowest BCUT2D eigenvalue weighted by atomic mass is 10.0. The van der Waals surface area contributed by atoms with Gasteiger partial charge in [0.05, 0.1) is 4.90 Å². The first-order valence-corrected chi connectivity index (χ1v) is 10.5. The molecule has 3 rings (SSSR count). The number of sulfonamides is 1. The summed E-state index contributed by atoms with van der Waals surface area (Å²) in [4.78, 5) is 24.4. The van der Waals surface area contributed by atoms with Gasteiger partial charge in [0, 0.05) is 12.6 Å². The maximum absolute atomic E-state index is 12.5. The molecule has 0 bridgehead atoms. The van der Waals surface area contributed by atoms with Gasteiger partial charge in [-0.25, -0.2) is 8.42 Å². The van der Waals surface area contributed by atoms with E-state index < -0.39 is 29.1 Å². The van der Waals surface area contributed by atoms with E-state index >= 15 is 0 Å². The van der Waals surface area contributed by atoms with E-state index in [-0.39, 0.29) is 10.7 Å². The molecule has 0 atom stereocenters. The number of likely N-dealkylation sites (N-methyl/N-ethyl adjacent to an activating group) is 1. The number of hydrogen-bond acceptors (Lipinski definition) is 5. The Labute approximate surface area is 165 Å². The fourth-order valence-corrected chi connectivity index (χ4v) is 4.29. The molecule has 0 fully saturated rings. The number of rotatable bonds is 7. The lowest BCUT2D eigenvalue weighted by molar-refractivity contribution is -0.142. The molecule has 1 aliphatic carbocycles. The number of carbonyl (C=O) groups excluding carboxylic acids is 2. The highest BCUT2D eigenvalue weighted by Gasteiger charge is 2.24. The molecule has 0 amide bonds. The Kier molecular flexibility index (Phi) is 5.96. The molecule has 0 spiro atoms. The molecular weight excluding hydrogens is 378 g/mol. The Morgan fingerprint density at radius 3 is 2.43 bits per heavy atom. The summed E-state index contributed by atoms with van der Waals surface area (Å²) in [5.74, 6) is -1.07. The van der Waals surface area contributed by atoms with Crippen LogP contribution in [0.3, 0.4) is 0 Å². The lowest BCUT2D eigenvalue weighted by Crippen LogP contribution is -2.33. The van der Waals surface area contributed by atoms with Crippen LogP contribution in [0, 0.1) is 6.92 Å². The Bertz CT molecular complexity index is 996. The molecule has 28 heavy (non-hydrogen) atoms. The van der Waals surface area contributed by atoms with Crippen LogP contribution in [0.25, 0.3) is 0 Å². The van der Waals surface area contributed by atoms with Gasteiger partial charge in [0.1, 0.15) is 6.54 Å². The number of ketones is 1. The zero-order valence-electron chi connectivity index (χ0n) is 16.0. The van der Waals surface area contributed by atoms with Crippen molar-refractivity contribution >= 4 is 21.8 Å². The third-order valence-corrected chi connectivity index (χ3v) is 6.68. The summed E-state index contributed by atoms with van der Waals surface area (Å²) in [6, 6.07) is 11.9. The van der Waals surface area contributed by atoms with E-state index in [0.717, 1.165) is 29.1 Å². The smallest absolute Gasteiger partial charge is 0.321 e. The van der Waals surface area contributed by atoms with Crippen molar-refractivity contribution in [3.63, 3.8) is 0 Å². The SMILES string of the molecule is Cc1ccc(S(=O)(=O)N(C)CC(=O)OCC(=O)c2ccc3c(c2)CCC3)cc1. The standard InChI is InChI=1S/C21H23NO5S/c1-15-6-10-19(11-7-15)28(25,26)22(2)13-21(24)27-14-20(23)18-9-8-16-4-3-5-17(16)12-18/h6-12H,3-5,13-14H2,1-2H3. The van der Waals surface area contributed by atoms with Gasteiger partial charge in [0.25, 0.3) is 0 Å². The number of Topliss-reactive ketones (excluding diaryl/α,β-unsaturated/α-hetero) is 1. The van der Waals surface area contributed by atoms with Crippen LogP contribution in [-0.4, -0.2) is 44.7 Å². The number of hydrogen-bond donors (Lipinski definition) is 0. The van der Waals surface area contributed by atoms with Crippen molar-refractivity contribution in [2.45, 2.75) is 31.1 Å². The number of benzene rings is 2. The van der Waals surface area contributed by atoms with E-state index in [4.69, 9.17) is 4.74 Å². The summed E-state index contributed by atoms with van der Waals surface area (Å²) >= 11 is 0. The minimum absolute atomic E-state index is 0.0996. The topological polar surface area (TPSA) is 80.8 Å². The van der Waals surface area contributed by atoms with E-state index in [1.54, 1.807) is 18.2 Å². The molecule has 1 aliphatic rings. The quantitative estimate of drug-likeness (QED) is 0.526. The molecule has 0 saturated heterocycles. The summed E-state index contributed by atoms with van der Waals surface area (Å²) in [6.45, 7) is 0.985. The van der Waals surface area contributed by atoms with Gasteiger partial charge in [0.2, 0.25) is 10.0 Å². The number of fused-ring (bicyclic) bond motifs is 1. The van der Waals surface area contributed by atoms with Crippen molar-refractivity contribution in [1.29, 1.82) is 0 Å². The van der Waals surface area contributed by atoms with Crippen LogP contribution >= 0.6 is 0 Å². The van der Waals surface area contributed by atoms with E-state index in [0.29, 0.717) is 5.56 Å². The molecule has 0 unspecified atom stereocenters. The van der Waals surface area contributed by atoms with E-state index in [1.807, 2.05) is 19.1 Å². The fourth-order valence-electron chi connectivity index (χ4n) is 3.18. The van der Waals surface area contributed by atoms with Gasteiger partial charge in [-0.1, -0.05) is 29.8 Å². The second-order valence-corrected chi connectivity index (χ2v) is 9.04. The van der Waals surface area contributed by atoms with Crippen molar-refractivity contribution in [1.82, 2.24) is 4.31 Å². The number of nitrogens with zero attached hydrogens (tertiary/aromatic N) is 1. The first-order chi connectivity index (χ1) is 13.3. The monoisotopic (exact) mass is 401 g/mol. The van der Waals surface area contributed by atoms with Gasteiger partial charge in [-0.05, 0) is 55.5 Å². The second-order valence-electron chi connectivity index (χ2n) is 7.00. The minimum atomic E-state index is -3.80. The predicted octanol–water partition coefficient (Wildman–Crippen LogP) is 2.53. The van der Waals surface area contributed by atoms with Gasteiger partial charge in [-0.15, -0.1) is 0 Å². The van der Waals surface area contributed by atoms with E-state index in [1.165, 1.54) is 30.3 Å². The summed E-state index contributed by atoms with van der Waals surface area (Å²) < 4.78 is 30.9. The lowest BCUT2D eigenvalue weighted by Gasteiger charge is -2.16. The van der Waals surface area contributed by atoms with Crippen LogP contribution in [-0.2, 0) is 32.4 Å². The van der Waals surface area contributed by atoms with Gasteiger partial charge < -0.3 is 4.74 Å². The third-order valence-electron chi connectivity index (χ3n) is 4.87. The van der Waals surface area contributed by atoms with Crippen LogP contribution < -0.4 is 0 Å². The van der Waals surface area contributed by atoms with Crippen molar-refractivity contribution < 1.29 is 22.7 Å². The molecule has 148 valence electrons. The predicted molar refractivity (Wildman–Crippen MR) is 105 cm³/mol. The zero-order chi connectivity index (χ0) is 20.3. The van der Waals surface area contributed by atoms with Crippen molar-refractivity contribution in [3.8, 4) is 0 Å². The highest BCUT2D eigenvalue weighted by molar-refractivity contribution is 7.89.